The molecule has 2 aromatic heterocycles. The number of fused-ring (bicyclic) bond motifs is 1. The summed E-state index contributed by atoms with van der Waals surface area (Å²) in [5, 5.41) is 8.89. The van der Waals surface area contributed by atoms with E-state index in [4.69, 9.17) is 26.1 Å². The van der Waals surface area contributed by atoms with Crippen LogP contribution in [0.15, 0.2) is 59.2 Å². The maximum Gasteiger partial charge on any atom is 0.293 e. The minimum atomic E-state index is -0.393. The molecular formula is C22H18N4O5S2. The molecule has 0 aliphatic heterocycles. The number of methoxy groups -OCH3 is 2. The number of anilines is 2. The van der Waals surface area contributed by atoms with Crippen LogP contribution >= 0.6 is 23.6 Å². The van der Waals surface area contributed by atoms with Crippen molar-refractivity contribution in [3.8, 4) is 11.5 Å². The van der Waals surface area contributed by atoms with E-state index >= 15 is 0 Å². The van der Waals surface area contributed by atoms with E-state index in [-0.39, 0.29) is 16.8 Å². The monoisotopic (exact) mass is 482 g/mol. The van der Waals surface area contributed by atoms with Crippen molar-refractivity contribution < 1.29 is 23.5 Å². The van der Waals surface area contributed by atoms with Crippen LogP contribution in [0.1, 0.15) is 20.9 Å². The first-order chi connectivity index (χ1) is 16.0. The summed E-state index contributed by atoms with van der Waals surface area (Å²) < 4.78 is 16.3. The average Bonchev–Trinajstić information content (AvgIpc) is 3.48. The van der Waals surface area contributed by atoms with Gasteiger partial charge in [0.2, 0.25) is 0 Å². The molecule has 0 aliphatic rings. The van der Waals surface area contributed by atoms with Gasteiger partial charge >= 0.3 is 0 Å². The van der Waals surface area contributed by atoms with E-state index in [0.29, 0.717) is 33.4 Å². The molecule has 2 heterocycles. The van der Waals surface area contributed by atoms with E-state index in [9.17, 15) is 9.59 Å². The van der Waals surface area contributed by atoms with Crippen molar-refractivity contribution in [3.05, 3.63) is 66.1 Å². The number of carbonyl (C=O) groups is 2. The normalized spacial score (nSPS) is 10.5. The number of amides is 2. The Morgan fingerprint density at radius 3 is 2.55 bits per heavy atom. The smallest absolute Gasteiger partial charge is 0.293 e. The molecule has 9 nitrogen and oxygen atoms in total. The topological polar surface area (TPSA) is 115 Å². The van der Waals surface area contributed by atoms with E-state index in [2.05, 4.69) is 20.9 Å². The molecule has 168 valence electrons. The fourth-order valence-electron chi connectivity index (χ4n) is 2.94. The summed E-state index contributed by atoms with van der Waals surface area (Å²) in [6.07, 6.45) is 1.43. The number of nitrogens with one attached hydrogen (secondary N) is 3. The quantitative estimate of drug-likeness (QED) is 0.349. The zero-order valence-electron chi connectivity index (χ0n) is 17.5. The van der Waals surface area contributed by atoms with Gasteiger partial charge < -0.3 is 19.2 Å². The lowest BCUT2D eigenvalue weighted by Gasteiger charge is -2.11. The van der Waals surface area contributed by atoms with Crippen LogP contribution < -0.4 is 25.4 Å². The van der Waals surface area contributed by atoms with Crippen LogP contribution in [0.25, 0.3) is 10.2 Å². The molecule has 4 rings (SSSR count). The Balaban J connectivity index is 1.41. The molecular weight excluding hydrogens is 464 g/mol. The lowest BCUT2D eigenvalue weighted by molar-refractivity contribution is 0.0974. The van der Waals surface area contributed by atoms with Gasteiger partial charge in [-0.1, -0.05) is 11.3 Å². The number of aromatic nitrogens is 1. The Bertz CT molecular complexity index is 1330. The van der Waals surface area contributed by atoms with Crippen molar-refractivity contribution in [2.75, 3.05) is 24.9 Å². The summed E-state index contributed by atoms with van der Waals surface area (Å²) in [6.45, 7) is 0. The van der Waals surface area contributed by atoms with Gasteiger partial charge in [0.25, 0.3) is 11.8 Å². The molecule has 0 fully saturated rings. The van der Waals surface area contributed by atoms with Gasteiger partial charge in [-0.15, -0.1) is 0 Å². The summed E-state index contributed by atoms with van der Waals surface area (Å²) in [7, 11) is 3.02. The third-order valence-corrected chi connectivity index (χ3v) is 5.62. The summed E-state index contributed by atoms with van der Waals surface area (Å²) in [5.74, 6) is 0.390. The Labute approximate surface area is 197 Å². The second-order valence-electron chi connectivity index (χ2n) is 6.61. The predicted octanol–water partition coefficient (Wildman–Crippen LogP) is 4.29. The van der Waals surface area contributed by atoms with Crippen molar-refractivity contribution in [1.29, 1.82) is 0 Å². The number of furan rings is 1. The first-order valence-corrected chi connectivity index (χ1v) is 10.8. The molecule has 11 heteroatoms. The van der Waals surface area contributed by atoms with E-state index in [1.807, 2.05) is 6.07 Å². The number of carbonyl (C=O) groups excluding carboxylic acids is 2. The molecule has 3 N–H and O–H groups in total. The molecule has 0 bridgehead atoms. The molecule has 33 heavy (non-hydrogen) atoms. The molecule has 0 aliphatic carbocycles. The lowest BCUT2D eigenvalue weighted by Crippen LogP contribution is -2.34. The van der Waals surface area contributed by atoms with Gasteiger partial charge in [0.1, 0.15) is 0 Å². The number of hydrogen-bond donors (Lipinski definition) is 3. The number of ether oxygens (including phenoxy) is 2. The van der Waals surface area contributed by atoms with Gasteiger partial charge in [0.05, 0.1) is 30.7 Å². The summed E-state index contributed by atoms with van der Waals surface area (Å²) in [4.78, 5) is 29.1. The highest BCUT2D eigenvalue weighted by molar-refractivity contribution is 7.80. The number of thiazole rings is 1. The molecule has 0 atom stereocenters. The van der Waals surface area contributed by atoms with Crippen molar-refractivity contribution in [2.45, 2.75) is 0 Å². The van der Waals surface area contributed by atoms with Crippen LogP contribution in [0.3, 0.4) is 0 Å². The highest BCUT2D eigenvalue weighted by Crippen LogP contribution is 2.29. The van der Waals surface area contributed by atoms with E-state index in [0.717, 1.165) is 4.70 Å². The zero-order chi connectivity index (χ0) is 23.4. The first kappa shape index (κ1) is 22.2. The average molecular weight is 483 g/mol. The number of nitrogens with zero attached hydrogens (tertiary/aromatic N) is 1. The van der Waals surface area contributed by atoms with Crippen LogP contribution in [-0.4, -0.2) is 36.1 Å². The lowest BCUT2D eigenvalue weighted by atomic mass is 10.2. The van der Waals surface area contributed by atoms with Gasteiger partial charge in [-0.2, -0.15) is 0 Å². The van der Waals surface area contributed by atoms with Crippen LogP contribution in [-0.2, 0) is 0 Å². The largest absolute Gasteiger partial charge is 0.493 e. The van der Waals surface area contributed by atoms with Gasteiger partial charge in [-0.25, -0.2) is 4.98 Å². The number of thiocarbonyl (C=S) groups is 1. The van der Waals surface area contributed by atoms with Crippen molar-refractivity contribution in [3.63, 3.8) is 0 Å². The second kappa shape index (κ2) is 9.67. The Hall–Kier alpha value is -3.96. The van der Waals surface area contributed by atoms with Crippen LogP contribution in [0.4, 0.5) is 10.8 Å². The Morgan fingerprint density at radius 1 is 1.00 bits per heavy atom. The van der Waals surface area contributed by atoms with Crippen LogP contribution in [0.2, 0.25) is 0 Å². The summed E-state index contributed by atoms with van der Waals surface area (Å²) >= 11 is 6.58. The molecule has 0 radical (unpaired) electrons. The van der Waals surface area contributed by atoms with Crippen LogP contribution in [0, 0.1) is 0 Å². The van der Waals surface area contributed by atoms with Crippen molar-refractivity contribution in [2.24, 2.45) is 0 Å². The maximum atomic E-state index is 12.5. The molecule has 0 saturated carbocycles. The van der Waals surface area contributed by atoms with E-state index < -0.39 is 5.91 Å². The molecule has 2 amide bonds. The highest BCUT2D eigenvalue weighted by Gasteiger charge is 2.14. The van der Waals surface area contributed by atoms with Gasteiger partial charge in [-0.05, 0) is 60.7 Å². The number of hydrogen-bond acceptors (Lipinski definition) is 8. The SMILES string of the molecule is COc1ccc(C(=O)NC(=S)Nc2ccc3nc(NC(=O)c4ccco4)sc3c2)cc1OC. The zero-order valence-corrected chi connectivity index (χ0v) is 19.1. The summed E-state index contributed by atoms with van der Waals surface area (Å²) in [5.41, 5.74) is 1.74. The second-order valence-corrected chi connectivity index (χ2v) is 8.05. The van der Waals surface area contributed by atoms with Crippen molar-refractivity contribution >= 4 is 61.5 Å². The molecule has 2 aromatic carbocycles. The van der Waals surface area contributed by atoms with E-state index in [1.54, 1.807) is 42.5 Å². The minimum absolute atomic E-state index is 0.130. The number of benzene rings is 2. The van der Waals surface area contributed by atoms with Gasteiger partial charge in [-0.3, -0.25) is 20.2 Å². The van der Waals surface area contributed by atoms with Crippen LogP contribution in [0.5, 0.6) is 11.5 Å². The molecule has 4 aromatic rings. The fraction of sp³-hybridized carbons (Fsp3) is 0.0909. The standard InChI is InChI=1S/C22H18N4O5S2/c1-29-15-8-5-12(10-17(15)30-2)19(27)25-21(32)23-13-6-7-14-18(11-13)33-22(24-14)26-20(28)16-4-3-9-31-16/h3-11H,1-2H3,(H,24,26,28)(H2,23,25,27,32). The third-order valence-electron chi connectivity index (χ3n) is 4.48. The molecule has 0 saturated heterocycles. The first-order valence-electron chi connectivity index (χ1n) is 9.56. The van der Waals surface area contributed by atoms with Crippen molar-refractivity contribution in [1.82, 2.24) is 10.3 Å². The minimum Gasteiger partial charge on any atom is -0.493 e. The predicted molar refractivity (Wildman–Crippen MR) is 130 cm³/mol. The van der Waals surface area contributed by atoms with Gasteiger partial charge in [0.15, 0.2) is 27.5 Å². The summed E-state index contributed by atoms with van der Waals surface area (Å²) in [6, 6.07) is 13.4. The Morgan fingerprint density at radius 2 is 1.82 bits per heavy atom. The molecule has 0 unspecified atom stereocenters. The maximum absolute atomic E-state index is 12.5. The Kier molecular flexibility index (Phi) is 6.52. The van der Waals surface area contributed by atoms with Gasteiger partial charge in [0, 0.05) is 11.3 Å². The third kappa shape index (κ3) is 5.10. The fourth-order valence-corrected chi connectivity index (χ4v) is 4.05. The number of rotatable bonds is 6. The molecule has 0 spiro atoms. The highest BCUT2D eigenvalue weighted by atomic mass is 32.1. The van der Waals surface area contributed by atoms with E-state index in [1.165, 1.54) is 31.8 Å².